The van der Waals surface area contributed by atoms with Gasteiger partial charge in [-0.1, -0.05) is 19.1 Å². The van der Waals surface area contributed by atoms with E-state index < -0.39 is 0 Å². The molecular formula is C26H30N2O4. The predicted octanol–water partition coefficient (Wildman–Crippen LogP) is 4.68. The lowest BCUT2D eigenvalue weighted by molar-refractivity contribution is -0.127. The van der Waals surface area contributed by atoms with E-state index in [0.717, 1.165) is 71.7 Å². The van der Waals surface area contributed by atoms with Crippen molar-refractivity contribution in [3.05, 3.63) is 54.3 Å². The van der Waals surface area contributed by atoms with Crippen LogP contribution < -0.4 is 9.47 Å². The van der Waals surface area contributed by atoms with Crippen molar-refractivity contribution in [2.45, 2.75) is 13.8 Å². The average Bonchev–Trinajstić information content (AvgIpc) is 3.26. The molecule has 2 heterocycles. The van der Waals surface area contributed by atoms with E-state index in [9.17, 15) is 4.79 Å². The standard InChI is InChI=1S/C26H30N2O4/c1-5-27-10-12-28(13-11-27)26(29)14-18(2)21-15-22-23(17-32-25(22)16-24(21)31-4)19-6-8-20(30-3)9-7-19/h6-9,14-17H,5,10-13H2,1-4H3/b18-14+. The SMILES string of the molecule is CCN1CCN(C(=O)/C=C(\C)c2cc3c(-c4ccc(OC)cc4)coc3cc2OC)CC1. The second-order valence-corrected chi connectivity index (χ2v) is 8.01. The molecule has 0 aliphatic carbocycles. The summed E-state index contributed by atoms with van der Waals surface area (Å²) in [6, 6.07) is 11.8. The monoisotopic (exact) mass is 434 g/mol. The highest BCUT2D eigenvalue weighted by Gasteiger charge is 2.20. The Morgan fingerprint density at radius 2 is 1.78 bits per heavy atom. The van der Waals surface area contributed by atoms with Crippen LogP contribution in [0.15, 0.2) is 53.2 Å². The summed E-state index contributed by atoms with van der Waals surface area (Å²) < 4.78 is 16.7. The van der Waals surface area contributed by atoms with E-state index in [2.05, 4.69) is 11.8 Å². The van der Waals surface area contributed by atoms with Gasteiger partial charge in [0.15, 0.2) is 0 Å². The zero-order chi connectivity index (χ0) is 22.7. The van der Waals surface area contributed by atoms with Crippen LogP contribution in [0, 0.1) is 0 Å². The molecule has 1 amide bonds. The number of allylic oxidation sites excluding steroid dienone is 1. The Kier molecular flexibility index (Phi) is 6.51. The number of hydrogen-bond donors (Lipinski definition) is 0. The molecule has 3 aromatic rings. The summed E-state index contributed by atoms with van der Waals surface area (Å²) in [7, 11) is 3.29. The zero-order valence-electron chi connectivity index (χ0n) is 19.2. The number of likely N-dealkylation sites (N-methyl/N-ethyl adjacent to an activating group) is 1. The lowest BCUT2D eigenvalue weighted by atomic mass is 9.99. The molecule has 0 radical (unpaired) electrons. The zero-order valence-corrected chi connectivity index (χ0v) is 19.2. The van der Waals surface area contributed by atoms with Crippen LogP contribution in [0.2, 0.25) is 0 Å². The highest BCUT2D eigenvalue weighted by molar-refractivity contribution is 6.00. The van der Waals surface area contributed by atoms with Gasteiger partial charge in [-0.05, 0) is 42.8 Å². The van der Waals surface area contributed by atoms with Gasteiger partial charge in [-0.2, -0.15) is 0 Å². The van der Waals surface area contributed by atoms with E-state index in [1.807, 2.05) is 48.2 Å². The van der Waals surface area contributed by atoms with E-state index in [4.69, 9.17) is 13.9 Å². The largest absolute Gasteiger partial charge is 0.497 e. The molecular weight excluding hydrogens is 404 g/mol. The molecule has 4 rings (SSSR count). The Balaban J connectivity index is 1.66. The second kappa shape index (κ2) is 9.49. The highest BCUT2D eigenvalue weighted by Crippen LogP contribution is 2.37. The van der Waals surface area contributed by atoms with Crippen LogP contribution in [0.3, 0.4) is 0 Å². The number of fused-ring (bicyclic) bond motifs is 1. The van der Waals surface area contributed by atoms with Crippen molar-refractivity contribution in [1.82, 2.24) is 9.80 Å². The number of amides is 1. The Bertz CT molecular complexity index is 1120. The summed E-state index contributed by atoms with van der Waals surface area (Å²) in [5.41, 5.74) is 4.52. The summed E-state index contributed by atoms with van der Waals surface area (Å²) in [5.74, 6) is 1.54. The fourth-order valence-corrected chi connectivity index (χ4v) is 4.16. The molecule has 1 aromatic heterocycles. The summed E-state index contributed by atoms with van der Waals surface area (Å²) in [6.07, 6.45) is 3.48. The molecule has 1 aliphatic heterocycles. The van der Waals surface area contributed by atoms with E-state index in [-0.39, 0.29) is 5.91 Å². The second-order valence-electron chi connectivity index (χ2n) is 8.01. The number of methoxy groups -OCH3 is 2. The minimum Gasteiger partial charge on any atom is -0.497 e. The lowest BCUT2D eigenvalue weighted by Crippen LogP contribution is -2.48. The molecule has 6 heteroatoms. The number of furan rings is 1. The summed E-state index contributed by atoms with van der Waals surface area (Å²) >= 11 is 0. The van der Waals surface area contributed by atoms with Crippen LogP contribution >= 0.6 is 0 Å². The highest BCUT2D eigenvalue weighted by atomic mass is 16.5. The molecule has 6 nitrogen and oxygen atoms in total. The fraction of sp³-hybridized carbons (Fsp3) is 0.346. The van der Waals surface area contributed by atoms with Gasteiger partial charge in [0.2, 0.25) is 5.91 Å². The van der Waals surface area contributed by atoms with Crippen LogP contribution in [-0.2, 0) is 4.79 Å². The minimum atomic E-state index is 0.0444. The number of rotatable bonds is 6. The molecule has 0 N–H and O–H groups in total. The van der Waals surface area contributed by atoms with E-state index in [0.29, 0.717) is 5.75 Å². The Morgan fingerprint density at radius 3 is 2.41 bits per heavy atom. The van der Waals surface area contributed by atoms with E-state index in [1.54, 1.807) is 26.6 Å². The third kappa shape index (κ3) is 4.36. The lowest BCUT2D eigenvalue weighted by Gasteiger charge is -2.33. The van der Waals surface area contributed by atoms with Gasteiger partial charge in [0.25, 0.3) is 0 Å². The van der Waals surface area contributed by atoms with Crippen LogP contribution in [-0.4, -0.2) is 62.7 Å². The molecule has 0 atom stereocenters. The van der Waals surface area contributed by atoms with Crippen molar-refractivity contribution < 1.29 is 18.7 Å². The number of piperazine rings is 1. The summed E-state index contributed by atoms with van der Waals surface area (Å²) in [4.78, 5) is 17.2. The number of hydrogen-bond acceptors (Lipinski definition) is 5. The number of carbonyl (C=O) groups is 1. The van der Waals surface area contributed by atoms with Gasteiger partial charge in [0.1, 0.15) is 17.1 Å². The van der Waals surface area contributed by atoms with Gasteiger partial charge >= 0.3 is 0 Å². The molecule has 0 unspecified atom stereocenters. The Hall–Kier alpha value is -3.25. The van der Waals surface area contributed by atoms with Crippen LogP contribution in [0.25, 0.3) is 27.7 Å². The van der Waals surface area contributed by atoms with Crippen molar-refractivity contribution >= 4 is 22.4 Å². The first kappa shape index (κ1) is 22.0. The fourth-order valence-electron chi connectivity index (χ4n) is 4.16. The molecule has 1 saturated heterocycles. The first-order valence-corrected chi connectivity index (χ1v) is 11.0. The smallest absolute Gasteiger partial charge is 0.246 e. The molecule has 1 aliphatic rings. The van der Waals surface area contributed by atoms with Crippen molar-refractivity contribution in [3.63, 3.8) is 0 Å². The summed E-state index contributed by atoms with van der Waals surface area (Å²) in [5, 5.41) is 0.975. The van der Waals surface area contributed by atoms with Gasteiger partial charge in [-0.15, -0.1) is 0 Å². The molecule has 2 aromatic carbocycles. The molecule has 0 spiro atoms. The van der Waals surface area contributed by atoms with E-state index >= 15 is 0 Å². The van der Waals surface area contributed by atoms with Gasteiger partial charge < -0.3 is 23.7 Å². The number of carbonyl (C=O) groups excluding carboxylic acids is 1. The van der Waals surface area contributed by atoms with Crippen molar-refractivity contribution in [2.75, 3.05) is 46.9 Å². The summed E-state index contributed by atoms with van der Waals surface area (Å²) in [6.45, 7) is 8.49. The molecule has 168 valence electrons. The number of nitrogens with zero attached hydrogens (tertiary/aromatic N) is 2. The first-order chi connectivity index (χ1) is 15.5. The molecule has 1 fully saturated rings. The van der Waals surface area contributed by atoms with Crippen LogP contribution in [0.5, 0.6) is 11.5 Å². The first-order valence-electron chi connectivity index (χ1n) is 11.0. The Labute approximate surface area is 189 Å². The molecule has 32 heavy (non-hydrogen) atoms. The molecule has 0 saturated carbocycles. The predicted molar refractivity (Wildman–Crippen MR) is 127 cm³/mol. The third-order valence-electron chi connectivity index (χ3n) is 6.19. The third-order valence-corrected chi connectivity index (χ3v) is 6.19. The molecule has 0 bridgehead atoms. The number of benzene rings is 2. The maximum Gasteiger partial charge on any atom is 0.246 e. The maximum atomic E-state index is 12.9. The van der Waals surface area contributed by atoms with Crippen molar-refractivity contribution in [3.8, 4) is 22.6 Å². The van der Waals surface area contributed by atoms with Crippen molar-refractivity contribution in [2.24, 2.45) is 0 Å². The van der Waals surface area contributed by atoms with Crippen LogP contribution in [0.1, 0.15) is 19.4 Å². The minimum absolute atomic E-state index is 0.0444. The van der Waals surface area contributed by atoms with Gasteiger partial charge in [0.05, 0.1) is 20.5 Å². The van der Waals surface area contributed by atoms with Gasteiger partial charge in [-0.3, -0.25) is 4.79 Å². The van der Waals surface area contributed by atoms with E-state index in [1.165, 1.54) is 0 Å². The quantitative estimate of drug-likeness (QED) is 0.527. The topological polar surface area (TPSA) is 55.2 Å². The van der Waals surface area contributed by atoms with Crippen molar-refractivity contribution in [1.29, 1.82) is 0 Å². The Morgan fingerprint density at radius 1 is 1.06 bits per heavy atom. The van der Waals surface area contributed by atoms with Crippen LogP contribution in [0.4, 0.5) is 0 Å². The average molecular weight is 435 g/mol. The van der Waals surface area contributed by atoms with Gasteiger partial charge in [0, 0.05) is 54.8 Å². The maximum absolute atomic E-state index is 12.9. The number of ether oxygens (including phenoxy) is 2. The normalized spacial score (nSPS) is 15.2. The van der Waals surface area contributed by atoms with Gasteiger partial charge in [-0.25, -0.2) is 0 Å².